The third-order valence-corrected chi connectivity index (χ3v) is 7.74. The van der Waals surface area contributed by atoms with Crippen molar-refractivity contribution in [2.75, 3.05) is 19.8 Å². The topological polar surface area (TPSA) is 179 Å². The van der Waals surface area contributed by atoms with Crippen molar-refractivity contribution in [2.45, 2.75) is 158 Å². The first-order valence-corrected chi connectivity index (χ1v) is 15.1. The van der Waals surface area contributed by atoms with Crippen molar-refractivity contribution >= 4 is 0 Å². The first-order chi connectivity index (χ1) is 18.8. The highest BCUT2D eigenvalue weighted by Gasteiger charge is 2.50. The van der Waals surface area contributed by atoms with Crippen molar-refractivity contribution in [1.82, 2.24) is 0 Å². The van der Waals surface area contributed by atoms with Crippen molar-refractivity contribution in [1.29, 1.82) is 0 Å². The quantitative estimate of drug-likeness (QED) is 0.105. The second-order valence-corrected chi connectivity index (χ2v) is 11.0. The Hall–Kier alpha value is -0.440. The SMILES string of the molecule is CCCCCCCCCCCCCCCCO[C@@H]1O[C@H](CO)[C@H](O[C@@H]2O[C@H](CO)[C@H](O)[C@H](O)[C@@H]2O)[C@@H](O)[C@@H]1O. The molecule has 2 heterocycles. The second kappa shape index (κ2) is 19.6. The van der Waals surface area contributed by atoms with Crippen LogP contribution in [0.2, 0.25) is 0 Å². The molecule has 0 aromatic carbocycles. The van der Waals surface area contributed by atoms with Gasteiger partial charge in [-0.15, -0.1) is 0 Å². The van der Waals surface area contributed by atoms with Gasteiger partial charge in [-0.25, -0.2) is 0 Å². The number of aliphatic hydroxyl groups excluding tert-OH is 7. The summed E-state index contributed by atoms with van der Waals surface area (Å²) in [4.78, 5) is 0. The Morgan fingerprint density at radius 1 is 0.513 bits per heavy atom. The highest BCUT2D eigenvalue weighted by atomic mass is 16.7. The van der Waals surface area contributed by atoms with E-state index in [1.54, 1.807) is 0 Å². The van der Waals surface area contributed by atoms with Gasteiger partial charge in [0.2, 0.25) is 0 Å². The Morgan fingerprint density at radius 3 is 1.49 bits per heavy atom. The molecule has 11 heteroatoms. The smallest absolute Gasteiger partial charge is 0.187 e. The normalized spacial score (nSPS) is 35.4. The molecule has 10 atom stereocenters. The highest BCUT2D eigenvalue weighted by molar-refractivity contribution is 4.94. The van der Waals surface area contributed by atoms with Crippen LogP contribution in [-0.2, 0) is 18.9 Å². The van der Waals surface area contributed by atoms with Crippen LogP contribution in [-0.4, -0.2) is 117 Å². The molecule has 39 heavy (non-hydrogen) atoms. The van der Waals surface area contributed by atoms with Gasteiger partial charge in [0.25, 0.3) is 0 Å². The predicted molar refractivity (Wildman–Crippen MR) is 143 cm³/mol. The van der Waals surface area contributed by atoms with Crippen LogP contribution in [0.15, 0.2) is 0 Å². The highest BCUT2D eigenvalue weighted by Crippen LogP contribution is 2.29. The minimum Gasteiger partial charge on any atom is -0.394 e. The van der Waals surface area contributed by atoms with E-state index in [0.717, 1.165) is 19.3 Å². The zero-order valence-corrected chi connectivity index (χ0v) is 23.6. The van der Waals surface area contributed by atoms with Gasteiger partial charge in [-0.3, -0.25) is 0 Å². The van der Waals surface area contributed by atoms with E-state index in [1.807, 2.05) is 0 Å². The molecular formula is C28H54O11. The molecule has 0 aromatic rings. The van der Waals surface area contributed by atoms with E-state index in [4.69, 9.17) is 18.9 Å². The van der Waals surface area contributed by atoms with Gasteiger partial charge in [-0.1, -0.05) is 90.4 Å². The van der Waals surface area contributed by atoms with Gasteiger partial charge in [-0.05, 0) is 6.42 Å². The minimum absolute atomic E-state index is 0.322. The summed E-state index contributed by atoms with van der Waals surface area (Å²) >= 11 is 0. The van der Waals surface area contributed by atoms with Crippen LogP contribution in [0.1, 0.15) is 96.8 Å². The number of unbranched alkanes of at least 4 members (excludes halogenated alkanes) is 13. The predicted octanol–water partition coefficient (Wildman–Crippen LogP) is 1.11. The average molecular weight is 567 g/mol. The maximum atomic E-state index is 10.6. The lowest BCUT2D eigenvalue weighted by atomic mass is 9.97. The van der Waals surface area contributed by atoms with Crippen LogP contribution in [0.25, 0.3) is 0 Å². The Balaban J connectivity index is 1.62. The zero-order chi connectivity index (χ0) is 28.6. The third-order valence-electron chi connectivity index (χ3n) is 7.74. The summed E-state index contributed by atoms with van der Waals surface area (Å²) in [7, 11) is 0. The molecular weight excluding hydrogens is 512 g/mol. The molecule has 232 valence electrons. The van der Waals surface area contributed by atoms with Gasteiger partial charge in [-0.2, -0.15) is 0 Å². The van der Waals surface area contributed by atoms with Crippen LogP contribution in [0.5, 0.6) is 0 Å². The zero-order valence-electron chi connectivity index (χ0n) is 23.6. The van der Waals surface area contributed by atoms with Crippen LogP contribution in [0.4, 0.5) is 0 Å². The average Bonchev–Trinajstić information content (AvgIpc) is 2.94. The number of ether oxygens (including phenoxy) is 4. The van der Waals surface area contributed by atoms with Gasteiger partial charge in [0.05, 0.1) is 13.2 Å². The van der Waals surface area contributed by atoms with Crippen molar-refractivity contribution in [2.24, 2.45) is 0 Å². The summed E-state index contributed by atoms with van der Waals surface area (Å²) in [6, 6.07) is 0. The summed E-state index contributed by atoms with van der Waals surface area (Å²) in [5.74, 6) is 0. The molecule has 0 spiro atoms. The number of rotatable bonds is 20. The van der Waals surface area contributed by atoms with Gasteiger partial charge in [0.1, 0.15) is 48.8 Å². The molecule has 0 bridgehead atoms. The van der Waals surface area contributed by atoms with E-state index in [9.17, 15) is 35.7 Å². The van der Waals surface area contributed by atoms with Crippen LogP contribution < -0.4 is 0 Å². The molecule has 0 amide bonds. The van der Waals surface area contributed by atoms with Crippen LogP contribution in [0, 0.1) is 0 Å². The fourth-order valence-electron chi connectivity index (χ4n) is 5.19. The van der Waals surface area contributed by atoms with E-state index < -0.39 is 74.6 Å². The van der Waals surface area contributed by atoms with E-state index in [2.05, 4.69) is 6.92 Å². The molecule has 7 N–H and O–H groups in total. The Bertz CT molecular complexity index is 608. The van der Waals surface area contributed by atoms with Crippen molar-refractivity contribution in [3.05, 3.63) is 0 Å². The van der Waals surface area contributed by atoms with Crippen LogP contribution in [0.3, 0.4) is 0 Å². The van der Waals surface area contributed by atoms with Crippen molar-refractivity contribution in [3.8, 4) is 0 Å². The summed E-state index contributed by atoms with van der Waals surface area (Å²) in [6.07, 6.45) is 2.97. The molecule has 2 rings (SSSR count). The monoisotopic (exact) mass is 566 g/mol. The standard InChI is InChI=1S/C28H54O11/c1-2-3-4-5-6-7-8-9-10-11-12-13-14-15-16-36-27-25(35)23(33)26(20(18-30)38-27)39-28-24(34)22(32)21(31)19(17-29)37-28/h19-35H,2-18H2,1H3/t19-,20-,21+,22+,23+,24+,25+,26+,27-,28+/m1/s1. The van der Waals surface area contributed by atoms with Gasteiger partial charge < -0.3 is 54.7 Å². The molecule has 0 aromatic heterocycles. The maximum absolute atomic E-state index is 10.6. The molecule has 2 aliphatic rings. The van der Waals surface area contributed by atoms with E-state index in [1.165, 1.54) is 70.6 Å². The number of hydrogen-bond acceptors (Lipinski definition) is 11. The third kappa shape index (κ3) is 11.4. The number of hydrogen-bond donors (Lipinski definition) is 7. The van der Waals surface area contributed by atoms with Crippen molar-refractivity contribution in [3.63, 3.8) is 0 Å². The van der Waals surface area contributed by atoms with Gasteiger partial charge in [0.15, 0.2) is 12.6 Å². The fraction of sp³-hybridized carbons (Fsp3) is 1.00. The van der Waals surface area contributed by atoms with Crippen molar-refractivity contribution < 1.29 is 54.7 Å². The summed E-state index contributed by atoms with van der Waals surface area (Å²) in [6.45, 7) is 1.34. The van der Waals surface area contributed by atoms with Crippen LogP contribution >= 0.6 is 0 Å². The summed E-state index contributed by atoms with van der Waals surface area (Å²) in [5.41, 5.74) is 0. The molecule has 2 fully saturated rings. The Kier molecular flexibility index (Phi) is 17.5. The molecule has 0 aliphatic carbocycles. The number of aliphatic hydroxyl groups is 7. The Morgan fingerprint density at radius 2 is 0.974 bits per heavy atom. The van der Waals surface area contributed by atoms with Gasteiger partial charge >= 0.3 is 0 Å². The molecule has 0 unspecified atom stereocenters. The van der Waals surface area contributed by atoms with Gasteiger partial charge in [0, 0.05) is 6.61 Å². The lowest BCUT2D eigenvalue weighted by molar-refractivity contribution is -0.359. The first-order valence-electron chi connectivity index (χ1n) is 15.1. The summed E-state index contributed by atoms with van der Waals surface area (Å²) < 4.78 is 22.1. The minimum atomic E-state index is -1.69. The maximum Gasteiger partial charge on any atom is 0.187 e. The largest absolute Gasteiger partial charge is 0.394 e. The molecule has 2 aliphatic heterocycles. The Labute approximate surface area is 233 Å². The summed E-state index contributed by atoms with van der Waals surface area (Å²) in [5, 5.41) is 70.4. The fourth-order valence-corrected chi connectivity index (χ4v) is 5.19. The molecule has 0 radical (unpaired) electrons. The molecule has 0 saturated carbocycles. The van der Waals surface area contributed by atoms with E-state index >= 15 is 0 Å². The molecule has 2 saturated heterocycles. The molecule has 11 nitrogen and oxygen atoms in total. The lowest BCUT2D eigenvalue weighted by Gasteiger charge is -2.45. The first kappa shape index (κ1) is 34.8. The second-order valence-electron chi connectivity index (χ2n) is 11.0. The van der Waals surface area contributed by atoms with E-state index in [0.29, 0.717) is 6.61 Å². The van der Waals surface area contributed by atoms with E-state index in [-0.39, 0.29) is 0 Å². The lowest BCUT2D eigenvalue weighted by Crippen LogP contribution is -2.64.